The van der Waals surface area contributed by atoms with Gasteiger partial charge in [-0.1, -0.05) is 23.6 Å². The maximum absolute atomic E-state index is 8.79. The number of aromatic nitrogens is 1. The molecule has 2 aliphatic carbocycles. The zero-order valence-electron chi connectivity index (χ0n) is 11.3. The smallest absolute Gasteiger partial charge is 0.162 e. The monoisotopic (exact) mass is 257 g/mol. The van der Waals surface area contributed by atoms with Crippen molar-refractivity contribution in [2.24, 2.45) is 11.3 Å². The molecule has 0 spiro atoms. The molecule has 3 nitrogen and oxygen atoms in total. The van der Waals surface area contributed by atoms with E-state index in [1.807, 2.05) is 6.20 Å². The molecule has 0 saturated heterocycles. The van der Waals surface area contributed by atoms with E-state index in [4.69, 9.17) is 9.63 Å². The van der Waals surface area contributed by atoms with Gasteiger partial charge in [0, 0.05) is 12.0 Å². The van der Waals surface area contributed by atoms with Crippen molar-refractivity contribution in [2.75, 3.05) is 6.61 Å². The molecule has 1 aromatic rings. The molecule has 1 N–H and O–H groups in total. The van der Waals surface area contributed by atoms with E-state index in [2.05, 4.69) is 30.0 Å². The Bertz CT molecular complexity index is 561. The molecule has 100 valence electrons. The fourth-order valence-electron chi connectivity index (χ4n) is 3.55. The first kappa shape index (κ1) is 12.5. The largest absolute Gasteiger partial charge is 0.384 e. The van der Waals surface area contributed by atoms with Gasteiger partial charge in [-0.05, 0) is 43.1 Å². The minimum atomic E-state index is -0.0398. The second-order valence-electron chi connectivity index (χ2n) is 5.78. The van der Waals surface area contributed by atoms with Crippen molar-refractivity contribution in [1.82, 2.24) is 5.16 Å². The van der Waals surface area contributed by atoms with Gasteiger partial charge in [-0.2, -0.15) is 0 Å². The topological polar surface area (TPSA) is 46.3 Å². The maximum atomic E-state index is 8.79. The third kappa shape index (κ3) is 2.11. The lowest BCUT2D eigenvalue weighted by Crippen LogP contribution is -2.36. The molecule has 2 atom stereocenters. The summed E-state index contributed by atoms with van der Waals surface area (Å²) in [4.78, 5) is 0. The van der Waals surface area contributed by atoms with E-state index in [9.17, 15) is 0 Å². The summed E-state index contributed by atoms with van der Waals surface area (Å²) in [5, 5.41) is 12.7. The third-order valence-electron chi connectivity index (χ3n) is 4.72. The molecule has 1 saturated carbocycles. The van der Waals surface area contributed by atoms with Crippen LogP contribution in [0.2, 0.25) is 0 Å². The van der Waals surface area contributed by atoms with Gasteiger partial charge in [0.05, 0.1) is 6.20 Å². The van der Waals surface area contributed by atoms with Crippen LogP contribution in [0.3, 0.4) is 0 Å². The van der Waals surface area contributed by atoms with E-state index in [0.29, 0.717) is 5.92 Å². The lowest BCUT2D eigenvalue weighted by molar-refractivity contribution is 0.184. The van der Waals surface area contributed by atoms with Crippen LogP contribution in [0.15, 0.2) is 16.3 Å². The van der Waals surface area contributed by atoms with Crippen molar-refractivity contribution < 1.29 is 9.63 Å². The summed E-state index contributed by atoms with van der Waals surface area (Å²) in [5.41, 5.74) is 2.88. The van der Waals surface area contributed by atoms with Crippen LogP contribution in [-0.2, 0) is 6.42 Å². The zero-order valence-corrected chi connectivity index (χ0v) is 11.3. The molecule has 19 heavy (non-hydrogen) atoms. The van der Waals surface area contributed by atoms with Gasteiger partial charge in [0.15, 0.2) is 5.76 Å². The molecule has 0 bridgehead atoms. The average molecular weight is 257 g/mol. The van der Waals surface area contributed by atoms with E-state index in [1.54, 1.807) is 0 Å². The Morgan fingerprint density at radius 1 is 1.53 bits per heavy atom. The molecule has 2 aliphatic rings. The first-order chi connectivity index (χ1) is 9.24. The van der Waals surface area contributed by atoms with Crippen LogP contribution in [0.5, 0.6) is 0 Å². The summed E-state index contributed by atoms with van der Waals surface area (Å²) >= 11 is 0. The van der Waals surface area contributed by atoms with Crippen LogP contribution >= 0.6 is 0 Å². The number of rotatable bonds is 1. The van der Waals surface area contributed by atoms with E-state index >= 15 is 0 Å². The van der Waals surface area contributed by atoms with Gasteiger partial charge in [-0.15, -0.1) is 5.92 Å². The van der Waals surface area contributed by atoms with Crippen LogP contribution in [0.1, 0.15) is 43.9 Å². The second kappa shape index (κ2) is 4.86. The molecule has 1 fully saturated rings. The highest BCUT2D eigenvalue weighted by Crippen LogP contribution is 2.51. The second-order valence-corrected chi connectivity index (χ2v) is 5.78. The summed E-state index contributed by atoms with van der Waals surface area (Å²) < 4.78 is 5.30. The highest BCUT2D eigenvalue weighted by Gasteiger charge is 2.42. The molecule has 0 aromatic carbocycles. The zero-order chi connectivity index (χ0) is 13.3. The molecule has 1 heterocycles. The number of nitrogens with zero attached hydrogens (tertiary/aromatic N) is 1. The van der Waals surface area contributed by atoms with Crippen molar-refractivity contribution in [2.45, 2.75) is 39.0 Å². The van der Waals surface area contributed by atoms with E-state index in [0.717, 1.165) is 25.0 Å². The van der Waals surface area contributed by atoms with Gasteiger partial charge < -0.3 is 9.63 Å². The molecule has 1 aromatic heterocycles. The normalized spacial score (nSPS) is 28.7. The number of hydrogen-bond donors (Lipinski definition) is 1. The van der Waals surface area contributed by atoms with Gasteiger partial charge in [0.2, 0.25) is 0 Å². The Labute approximate surface area is 113 Å². The molecule has 3 heteroatoms. The van der Waals surface area contributed by atoms with Crippen LogP contribution in [0, 0.1) is 23.2 Å². The van der Waals surface area contributed by atoms with Gasteiger partial charge >= 0.3 is 0 Å². The van der Waals surface area contributed by atoms with E-state index < -0.39 is 0 Å². The number of hydrogen-bond acceptors (Lipinski definition) is 3. The number of allylic oxidation sites excluding steroid dienone is 1. The maximum Gasteiger partial charge on any atom is 0.162 e. The van der Waals surface area contributed by atoms with Crippen molar-refractivity contribution in [3.8, 4) is 11.8 Å². The molecule has 0 amide bonds. The molecule has 3 rings (SSSR count). The number of aliphatic hydroxyl groups is 1. The first-order valence-corrected chi connectivity index (χ1v) is 6.95. The Kier molecular flexibility index (Phi) is 3.20. The molecular weight excluding hydrogens is 238 g/mol. The van der Waals surface area contributed by atoms with Crippen molar-refractivity contribution in [3.05, 3.63) is 23.1 Å². The summed E-state index contributed by atoms with van der Waals surface area (Å²) in [6, 6.07) is 0. The standard InChI is InChI=1S/C16H19NO2/c1-16-10-12-11-17-19-15(12)9-14(16)7-4-6-13(16)5-2-3-8-18/h9,11,13,18H,4-8,10H2,1H3/t13-,16+/m0/s1. The minimum Gasteiger partial charge on any atom is -0.384 e. The summed E-state index contributed by atoms with van der Waals surface area (Å²) in [5.74, 6) is 7.40. The Hall–Kier alpha value is -1.53. The molecule has 0 aliphatic heterocycles. The fraction of sp³-hybridized carbons (Fsp3) is 0.562. The Balaban J connectivity index is 1.90. The van der Waals surface area contributed by atoms with Crippen molar-refractivity contribution >= 4 is 6.08 Å². The summed E-state index contributed by atoms with van der Waals surface area (Å²) in [6.45, 7) is 2.31. The SMILES string of the molecule is C[C@]12Cc3cnoc3C=C1CCC[C@@H]2CC#CCO. The number of fused-ring (bicyclic) bond motifs is 2. The average Bonchev–Trinajstić information content (AvgIpc) is 2.83. The van der Waals surface area contributed by atoms with Gasteiger partial charge in [0.1, 0.15) is 6.61 Å². The van der Waals surface area contributed by atoms with Crippen molar-refractivity contribution in [3.63, 3.8) is 0 Å². The summed E-state index contributed by atoms with van der Waals surface area (Å²) in [7, 11) is 0. The van der Waals surface area contributed by atoms with Crippen LogP contribution < -0.4 is 0 Å². The highest BCUT2D eigenvalue weighted by atomic mass is 16.5. The molecule has 0 radical (unpaired) electrons. The predicted octanol–water partition coefficient (Wildman–Crippen LogP) is 2.81. The fourth-order valence-corrected chi connectivity index (χ4v) is 3.55. The Morgan fingerprint density at radius 2 is 2.42 bits per heavy atom. The van der Waals surface area contributed by atoms with Gasteiger partial charge in [-0.3, -0.25) is 0 Å². The molecule has 0 unspecified atom stereocenters. The first-order valence-electron chi connectivity index (χ1n) is 6.95. The minimum absolute atomic E-state index is 0.0398. The van der Waals surface area contributed by atoms with Crippen LogP contribution in [0.25, 0.3) is 6.08 Å². The third-order valence-corrected chi connectivity index (χ3v) is 4.72. The summed E-state index contributed by atoms with van der Waals surface area (Å²) in [6.07, 6.45) is 9.50. The van der Waals surface area contributed by atoms with Gasteiger partial charge in [0.25, 0.3) is 0 Å². The van der Waals surface area contributed by atoms with Crippen LogP contribution in [-0.4, -0.2) is 16.9 Å². The van der Waals surface area contributed by atoms with E-state index in [1.165, 1.54) is 24.0 Å². The van der Waals surface area contributed by atoms with Gasteiger partial charge in [-0.25, -0.2) is 0 Å². The predicted molar refractivity (Wildman–Crippen MR) is 73.1 cm³/mol. The highest BCUT2D eigenvalue weighted by molar-refractivity contribution is 5.57. The Morgan fingerprint density at radius 3 is 3.26 bits per heavy atom. The van der Waals surface area contributed by atoms with Crippen LogP contribution in [0.4, 0.5) is 0 Å². The number of aliphatic hydroxyl groups excluding tert-OH is 1. The van der Waals surface area contributed by atoms with Crippen molar-refractivity contribution in [1.29, 1.82) is 0 Å². The lowest BCUT2D eigenvalue weighted by Gasteiger charge is -2.44. The molecular formula is C16H19NO2. The van der Waals surface area contributed by atoms with E-state index in [-0.39, 0.29) is 12.0 Å². The quantitative estimate of drug-likeness (QED) is 0.787. The lowest BCUT2D eigenvalue weighted by atomic mass is 9.59.